The topological polar surface area (TPSA) is 65.1 Å². The van der Waals surface area contributed by atoms with Crippen LogP contribution in [0.5, 0.6) is 0 Å². The maximum Gasteiger partial charge on any atom is 0.223 e. The average Bonchev–Trinajstić information content (AvgIpc) is 3.00. The highest BCUT2D eigenvalue weighted by atomic mass is 19.1. The van der Waals surface area contributed by atoms with Crippen LogP contribution in [0.2, 0.25) is 0 Å². The van der Waals surface area contributed by atoms with Gasteiger partial charge in [0, 0.05) is 17.4 Å². The highest BCUT2D eigenvalue weighted by Crippen LogP contribution is 2.48. The van der Waals surface area contributed by atoms with E-state index in [1.54, 1.807) is 26.0 Å². The first-order valence-corrected chi connectivity index (χ1v) is 9.88. The molecule has 1 saturated carbocycles. The van der Waals surface area contributed by atoms with Gasteiger partial charge in [-0.25, -0.2) is 13.2 Å². The molecule has 3 aromatic rings. The van der Waals surface area contributed by atoms with Crippen LogP contribution in [-0.2, 0) is 4.79 Å². The number of aliphatic hydroxyl groups excluding tert-OH is 1. The normalized spacial score (nSPS) is 19.0. The van der Waals surface area contributed by atoms with Crippen LogP contribution in [0.4, 0.5) is 13.2 Å². The summed E-state index contributed by atoms with van der Waals surface area (Å²) in [5, 5.41) is 12.6. The third kappa shape index (κ3) is 3.69. The van der Waals surface area contributed by atoms with E-state index in [-0.39, 0.29) is 35.7 Å². The average molecular weight is 416 g/mol. The molecular formula is C23H23F3N2O2. The molecule has 0 aliphatic heterocycles. The molecule has 1 aromatic heterocycles. The summed E-state index contributed by atoms with van der Waals surface area (Å²) in [4.78, 5) is 15.5. The SMILES string of the molecule is CC(C)(CO)NC(=O)[C@H]1C[C@H](c2c(-c3ccc(F)cc3)[nH]c3c(F)cc(F)cc32)C1. The Morgan fingerprint density at radius 3 is 2.43 bits per heavy atom. The Bertz CT molecular complexity index is 1100. The number of rotatable bonds is 5. The molecule has 1 fully saturated rings. The van der Waals surface area contributed by atoms with Gasteiger partial charge in [0.15, 0.2) is 0 Å². The predicted octanol–water partition coefficient (Wildman–Crippen LogP) is 4.63. The summed E-state index contributed by atoms with van der Waals surface area (Å²) < 4.78 is 41.8. The number of benzene rings is 2. The maximum absolute atomic E-state index is 14.4. The van der Waals surface area contributed by atoms with E-state index in [0.717, 1.165) is 11.6 Å². The van der Waals surface area contributed by atoms with Gasteiger partial charge in [-0.05, 0) is 74.1 Å². The number of hydrogen-bond donors (Lipinski definition) is 3. The number of amides is 1. The molecule has 0 saturated heterocycles. The van der Waals surface area contributed by atoms with Crippen LogP contribution in [0, 0.1) is 23.4 Å². The van der Waals surface area contributed by atoms with Crippen molar-refractivity contribution in [1.82, 2.24) is 10.3 Å². The van der Waals surface area contributed by atoms with Crippen molar-refractivity contribution in [2.75, 3.05) is 6.61 Å². The first kappa shape index (κ1) is 20.5. The van der Waals surface area contributed by atoms with Crippen molar-refractivity contribution in [1.29, 1.82) is 0 Å². The molecule has 0 spiro atoms. The molecule has 2 aromatic carbocycles. The summed E-state index contributed by atoms with van der Waals surface area (Å²) in [6.07, 6.45) is 1.04. The quantitative estimate of drug-likeness (QED) is 0.568. The molecule has 3 N–H and O–H groups in total. The maximum atomic E-state index is 14.4. The van der Waals surface area contributed by atoms with Gasteiger partial charge in [-0.3, -0.25) is 4.79 Å². The second kappa shape index (κ2) is 7.47. The van der Waals surface area contributed by atoms with Gasteiger partial charge in [-0.15, -0.1) is 0 Å². The summed E-state index contributed by atoms with van der Waals surface area (Å²) in [5.74, 6) is -2.23. The molecule has 158 valence electrons. The van der Waals surface area contributed by atoms with E-state index in [9.17, 15) is 23.1 Å². The standard InChI is InChI=1S/C23H23F3N2O2/c1-23(2,11-29)28-22(30)14-7-13(8-14)19-17-9-16(25)10-18(26)21(17)27-20(19)12-3-5-15(24)6-4-12/h3-6,9-10,13-14,27,29H,7-8,11H2,1-2H3,(H,28,30)/t13-,14-. The number of carbonyl (C=O) groups excluding carboxylic acids is 1. The largest absolute Gasteiger partial charge is 0.394 e. The fraction of sp³-hybridized carbons (Fsp3) is 0.348. The highest BCUT2D eigenvalue weighted by molar-refractivity contribution is 5.92. The van der Waals surface area contributed by atoms with Gasteiger partial charge in [0.25, 0.3) is 0 Å². The lowest BCUT2D eigenvalue weighted by Crippen LogP contribution is -2.50. The van der Waals surface area contributed by atoms with Crippen molar-refractivity contribution < 1.29 is 23.1 Å². The molecule has 7 heteroatoms. The summed E-state index contributed by atoms with van der Waals surface area (Å²) in [7, 11) is 0. The predicted molar refractivity (Wildman–Crippen MR) is 108 cm³/mol. The van der Waals surface area contributed by atoms with Gasteiger partial charge in [-0.2, -0.15) is 0 Å². The smallest absolute Gasteiger partial charge is 0.223 e. The molecule has 1 aliphatic carbocycles. The number of aromatic amines is 1. The molecule has 0 radical (unpaired) electrons. The molecule has 4 rings (SSSR count). The summed E-state index contributed by atoms with van der Waals surface area (Å²) in [6.45, 7) is 3.29. The summed E-state index contributed by atoms with van der Waals surface area (Å²) in [6, 6.07) is 7.92. The number of H-pyrrole nitrogens is 1. The number of nitrogens with one attached hydrogen (secondary N) is 2. The monoisotopic (exact) mass is 416 g/mol. The Hall–Kier alpha value is -2.80. The summed E-state index contributed by atoms with van der Waals surface area (Å²) >= 11 is 0. The Morgan fingerprint density at radius 2 is 1.80 bits per heavy atom. The highest BCUT2D eigenvalue weighted by Gasteiger charge is 2.39. The van der Waals surface area contributed by atoms with Crippen LogP contribution in [0.1, 0.15) is 38.2 Å². The van der Waals surface area contributed by atoms with Crippen molar-refractivity contribution >= 4 is 16.8 Å². The van der Waals surface area contributed by atoms with Crippen molar-refractivity contribution in [2.45, 2.75) is 38.1 Å². The number of aromatic nitrogens is 1. The lowest BCUT2D eigenvalue weighted by atomic mass is 9.69. The van der Waals surface area contributed by atoms with Crippen LogP contribution >= 0.6 is 0 Å². The van der Waals surface area contributed by atoms with Crippen molar-refractivity contribution in [3.05, 3.63) is 59.4 Å². The summed E-state index contributed by atoms with van der Waals surface area (Å²) in [5.41, 5.74) is 1.49. The molecule has 1 heterocycles. The minimum absolute atomic E-state index is 0.0759. The van der Waals surface area contributed by atoms with Crippen molar-refractivity contribution in [3.63, 3.8) is 0 Å². The molecule has 1 amide bonds. The van der Waals surface area contributed by atoms with Crippen LogP contribution < -0.4 is 5.32 Å². The first-order chi connectivity index (χ1) is 14.2. The van der Waals surface area contributed by atoms with Gasteiger partial charge in [0.05, 0.1) is 23.4 Å². The number of hydrogen-bond acceptors (Lipinski definition) is 2. The Morgan fingerprint density at radius 1 is 1.13 bits per heavy atom. The van der Waals surface area contributed by atoms with E-state index >= 15 is 0 Å². The zero-order chi connectivity index (χ0) is 21.6. The lowest BCUT2D eigenvalue weighted by Gasteiger charge is -2.37. The zero-order valence-electron chi connectivity index (χ0n) is 16.7. The fourth-order valence-electron chi connectivity index (χ4n) is 4.05. The van der Waals surface area contributed by atoms with Gasteiger partial charge >= 0.3 is 0 Å². The van der Waals surface area contributed by atoms with Crippen molar-refractivity contribution in [3.8, 4) is 11.3 Å². The van der Waals surface area contributed by atoms with Crippen molar-refractivity contribution in [2.24, 2.45) is 5.92 Å². The van der Waals surface area contributed by atoms with Crippen LogP contribution in [0.25, 0.3) is 22.2 Å². The Kier molecular flexibility index (Phi) is 5.10. The second-order valence-electron chi connectivity index (χ2n) is 8.63. The molecule has 4 nitrogen and oxygen atoms in total. The third-order valence-corrected chi connectivity index (χ3v) is 5.77. The number of halogens is 3. The van der Waals surface area contributed by atoms with E-state index < -0.39 is 17.2 Å². The number of aliphatic hydroxyl groups is 1. The van der Waals surface area contributed by atoms with Gasteiger partial charge < -0.3 is 15.4 Å². The minimum Gasteiger partial charge on any atom is -0.394 e. The molecule has 0 atom stereocenters. The van der Waals surface area contributed by atoms with Crippen LogP contribution in [0.3, 0.4) is 0 Å². The molecular weight excluding hydrogens is 393 g/mol. The molecule has 0 bridgehead atoms. The fourth-order valence-corrected chi connectivity index (χ4v) is 4.05. The van der Waals surface area contributed by atoms with Gasteiger partial charge in [0.2, 0.25) is 5.91 Å². The Labute approximate surface area is 172 Å². The van der Waals surface area contributed by atoms with E-state index in [0.29, 0.717) is 29.5 Å². The molecule has 30 heavy (non-hydrogen) atoms. The van der Waals surface area contributed by atoms with Gasteiger partial charge in [-0.1, -0.05) is 0 Å². The van der Waals surface area contributed by atoms with Gasteiger partial charge in [0.1, 0.15) is 17.5 Å². The van der Waals surface area contributed by atoms with E-state index in [4.69, 9.17) is 0 Å². The third-order valence-electron chi connectivity index (χ3n) is 5.77. The van der Waals surface area contributed by atoms with E-state index in [1.165, 1.54) is 18.2 Å². The number of fused-ring (bicyclic) bond motifs is 1. The number of carbonyl (C=O) groups is 1. The van der Waals surface area contributed by atoms with E-state index in [2.05, 4.69) is 10.3 Å². The van der Waals surface area contributed by atoms with Crippen LogP contribution in [0.15, 0.2) is 36.4 Å². The lowest BCUT2D eigenvalue weighted by molar-refractivity contribution is -0.130. The molecule has 1 aliphatic rings. The Balaban J connectivity index is 1.69. The first-order valence-electron chi connectivity index (χ1n) is 9.88. The van der Waals surface area contributed by atoms with E-state index in [1.807, 2.05) is 0 Å². The molecule has 0 unspecified atom stereocenters. The van der Waals surface area contributed by atoms with Crippen LogP contribution in [-0.4, -0.2) is 28.1 Å². The second-order valence-corrected chi connectivity index (χ2v) is 8.63. The minimum atomic E-state index is -0.714. The zero-order valence-corrected chi connectivity index (χ0v) is 16.7.